The van der Waals surface area contributed by atoms with Gasteiger partial charge >= 0.3 is 7.60 Å². The Balaban J connectivity index is 2.69. The van der Waals surface area contributed by atoms with Crippen LogP contribution in [0.15, 0.2) is 48.5 Å². The van der Waals surface area contributed by atoms with E-state index in [-0.39, 0.29) is 25.3 Å². The SMILES string of the molecule is CCOP(=O)(OCC)[C@@H](CC#N)N(Cc1ccccc1)C(=O)c1cc([N+](=O)[O-])cc([N+](=O)[O-])c1. The molecule has 2 aromatic carbocycles. The molecule has 0 unspecified atom stereocenters. The average molecular weight is 490 g/mol. The fraction of sp³-hybridized carbons (Fsp3) is 0.333. The van der Waals surface area contributed by atoms with Gasteiger partial charge in [0.25, 0.3) is 17.3 Å². The van der Waals surface area contributed by atoms with Gasteiger partial charge in [-0.15, -0.1) is 0 Å². The number of nitriles is 1. The second kappa shape index (κ2) is 12.0. The number of non-ortho nitro benzene ring substituents is 2. The molecule has 12 nitrogen and oxygen atoms in total. The Hall–Kier alpha value is -3.65. The van der Waals surface area contributed by atoms with Crippen molar-refractivity contribution in [3.63, 3.8) is 0 Å². The van der Waals surface area contributed by atoms with Crippen molar-refractivity contribution >= 4 is 24.9 Å². The lowest BCUT2D eigenvalue weighted by molar-refractivity contribution is -0.394. The highest BCUT2D eigenvalue weighted by atomic mass is 31.2. The number of hydrogen-bond acceptors (Lipinski definition) is 9. The van der Waals surface area contributed by atoms with Crippen LogP contribution in [0, 0.1) is 31.6 Å². The van der Waals surface area contributed by atoms with Crippen molar-refractivity contribution in [1.82, 2.24) is 4.90 Å². The Labute approximate surface area is 195 Å². The Morgan fingerprint density at radius 2 is 1.59 bits per heavy atom. The molecule has 0 saturated carbocycles. The Morgan fingerprint density at radius 3 is 2.03 bits per heavy atom. The standard InChI is InChI=1S/C21H23N4O8P/c1-3-32-34(31,33-4-2)20(10-11-22)23(15-16-8-6-5-7-9-16)21(26)17-12-18(24(27)28)14-19(13-17)25(29)30/h5-9,12-14,20H,3-4,10,15H2,1-2H3/t20-/m0/s1. The Kier molecular flexibility index (Phi) is 9.38. The molecular weight excluding hydrogens is 467 g/mol. The number of nitrogens with zero attached hydrogens (tertiary/aromatic N) is 4. The van der Waals surface area contributed by atoms with Gasteiger partial charge in [0.2, 0.25) is 0 Å². The maximum Gasteiger partial charge on any atom is 0.354 e. The Morgan fingerprint density at radius 1 is 1.06 bits per heavy atom. The number of nitro groups is 2. The lowest BCUT2D eigenvalue weighted by Gasteiger charge is -2.34. The van der Waals surface area contributed by atoms with Gasteiger partial charge in [0, 0.05) is 18.7 Å². The minimum Gasteiger partial charge on any atom is -0.319 e. The van der Waals surface area contributed by atoms with E-state index in [0.29, 0.717) is 5.56 Å². The van der Waals surface area contributed by atoms with Gasteiger partial charge in [-0.2, -0.15) is 5.26 Å². The molecule has 0 spiro atoms. The van der Waals surface area contributed by atoms with Crippen molar-refractivity contribution in [2.75, 3.05) is 13.2 Å². The fourth-order valence-electron chi connectivity index (χ4n) is 3.23. The van der Waals surface area contributed by atoms with Gasteiger partial charge in [0.05, 0.1) is 47.2 Å². The molecule has 13 heteroatoms. The van der Waals surface area contributed by atoms with Crippen LogP contribution in [0.4, 0.5) is 11.4 Å². The number of benzene rings is 2. The number of carbonyl (C=O) groups excluding carboxylic acids is 1. The third kappa shape index (κ3) is 6.45. The molecular formula is C21H23N4O8P. The van der Waals surface area contributed by atoms with E-state index in [4.69, 9.17) is 9.05 Å². The second-order valence-electron chi connectivity index (χ2n) is 6.89. The highest BCUT2D eigenvalue weighted by Gasteiger charge is 2.42. The van der Waals surface area contributed by atoms with Crippen molar-refractivity contribution in [3.05, 3.63) is 79.9 Å². The molecule has 0 N–H and O–H groups in total. The van der Waals surface area contributed by atoms with Crippen LogP contribution in [0.5, 0.6) is 0 Å². The lowest BCUT2D eigenvalue weighted by atomic mass is 10.1. The van der Waals surface area contributed by atoms with Crippen LogP contribution in [0.2, 0.25) is 0 Å². The molecule has 0 aliphatic carbocycles. The summed E-state index contributed by atoms with van der Waals surface area (Å²) in [5, 5.41) is 32.1. The topological polar surface area (TPSA) is 166 Å². The van der Waals surface area contributed by atoms with Crippen LogP contribution in [0.3, 0.4) is 0 Å². The smallest absolute Gasteiger partial charge is 0.319 e. The maximum absolute atomic E-state index is 13.6. The summed E-state index contributed by atoms with van der Waals surface area (Å²) in [7, 11) is -4.06. The zero-order valence-corrected chi connectivity index (χ0v) is 19.4. The molecule has 0 fully saturated rings. The van der Waals surface area contributed by atoms with Crippen LogP contribution < -0.4 is 0 Å². The zero-order valence-electron chi connectivity index (χ0n) is 18.5. The molecule has 2 aromatic rings. The van der Waals surface area contributed by atoms with E-state index in [1.54, 1.807) is 44.2 Å². The molecule has 0 heterocycles. The molecule has 0 aliphatic heterocycles. The number of rotatable bonds is 12. The monoisotopic (exact) mass is 490 g/mol. The molecule has 0 bridgehead atoms. The lowest BCUT2D eigenvalue weighted by Crippen LogP contribution is -2.40. The molecule has 0 saturated heterocycles. The highest BCUT2D eigenvalue weighted by molar-refractivity contribution is 7.54. The third-order valence-corrected chi connectivity index (χ3v) is 7.07. The van der Waals surface area contributed by atoms with Crippen LogP contribution in [-0.4, -0.2) is 39.7 Å². The summed E-state index contributed by atoms with van der Waals surface area (Å²) < 4.78 is 24.4. The minimum atomic E-state index is -4.06. The van der Waals surface area contributed by atoms with Gasteiger partial charge in [0.15, 0.2) is 0 Å². The quantitative estimate of drug-likeness (QED) is 0.234. The molecule has 180 valence electrons. The van der Waals surface area contributed by atoms with Crippen molar-refractivity contribution in [1.29, 1.82) is 5.26 Å². The maximum atomic E-state index is 13.6. The normalized spacial score (nSPS) is 11.9. The van der Waals surface area contributed by atoms with Crippen LogP contribution in [-0.2, 0) is 20.2 Å². The molecule has 0 aromatic heterocycles. The number of hydrogen-bond donors (Lipinski definition) is 0. The number of carbonyl (C=O) groups is 1. The van der Waals surface area contributed by atoms with Gasteiger partial charge in [-0.3, -0.25) is 29.6 Å². The van der Waals surface area contributed by atoms with Crippen LogP contribution in [0.25, 0.3) is 0 Å². The van der Waals surface area contributed by atoms with E-state index >= 15 is 0 Å². The summed E-state index contributed by atoms with van der Waals surface area (Å²) in [4.78, 5) is 35.6. The van der Waals surface area contributed by atoms with Gasteiger partial charge in [-0.25, -0.2) is 0 Å². The first kappa shape index (κ1) is 26.6. The van der Waals surface area contributed by atoms with Crippen molar-refractivity contribution in [3.8, 4) is 6.07 Å². The molecule has 34 heavy (non-hydrogen) atoms. The van der Waals surface area contributed by atoms with Gasteiger partial charge in [-0.05, 0) is 19.4 Å². The first-order valence-corrected chi connectivity index (χ1v) is 11.8. The molecule has 0 aliphatic rings. The predicted molar refractivity (Wildman–Crippen MR) is 121 cm³/mol. The van der Waals surface area contributed by atoms with E-state index < -0.39 is 46.9 Å². The van der Waals surface area contributed by atoms with Gasteiger partial charge in [0.1, 0.15) is 5.78 Å². The average Bonchev–Trinajstić information content (AvgIpc) is 2.81. The van der Waals surface area contributed by atoms with E-state index in [9.17, 15) is 34.9 Å². The van der Waals surface area contributed by atoms with Crippen molar-refractivity contribution < 1.29 is 28.3 Å². The summed E-state index contributed by atoms with van der Waals surface area (Å²) in [5.74, 6) is -2.28. The first-order valence-electron chi connectivity index (χ1n) is 10.2. The third-order valence-electron chi connectivity index (χ3n) is 4.64. The summed E-state index contributed by atoms with van der Waals surface area (Å²) in [5.41, 5.74) is -1.10. The van der Waals surface area contributed by atoms with Gasteiger partial charge < -0.3 is 13.9 Å². The largest absolute Gasteiger partial charge is 0.354 e. The molecule has 2 rings (SSSR count). The summed E-state index contributed by atoms with van der Waals surface area (Å²) >= 11 is 0. The van der Waals surface area contributed by atoms with Crippen LogP contribution >= 0.6 is 7.60 Å². The molecule has 1 amide bonds. The second-order valence-corrected chi connectivity index (χ2v) is 9.08. The summed E-state index contributed by atoms with van der Waals surface area (Å²) in [6.07, 6.45) is -0.438. The zero-order chi connectivity index (χ0) is 25.3. The predicted octanol–water partition coefficient (Wildman–Crippen LogP) is 4.65. The van der Waals surface area contributed by atoms with E-state index in [1.807, 2.05) is 6.07 Å². The minimum absolute atomic E-state index is 0.0329. The first-order chi connectivity index (χ1) is 16.2. The van der Waals surface area contributed by atoms with E-state index in [1.165, 1.54) is 0 Å². The van der Waals surface area contributed by atoms with E-state index in [0.717, 1.165) is 23.1 Å². The highest BCUT2D eigenvalue weighted by Crippen LogP contribution is 2.55. The number of nitro benzene ring substituents is 2. The number of amides is 1. The van der Waals surface area contributed by atoms with Crippen LogP contribution in [0.1, 0.15) is 36.2 Å². The molecule has 1 atom stereocenters. The Bertz CT molecular complexity index is 1090. The fourth-order valence-corrected chi connectivity index (χ4v) is 5.20. The van der Waals surface area contributed by atoms with Gasteiger partial charge in [-0.1, -0.05) is 30.3 Å². The summed E-state index contributed by atoms with van der Waals surface area (Å²) in [6.45, 7) is 2.92. The summed E-state index contributed by atoms with van der Waals surface area (Å²) in [6, 6.07) is 12.9. The van der Waals surface area contributed by atoms with Crippen molar-refractivity contribution in [2.24, 2.45) is 0 Å². The van der Waals surface area contributed by atoms with E-state index in [2.05, 4.69) is 0 Å². The molecule has 0 radical (unpaired) electrons. The van der Waals surface area contributed by atoms with Crippen molar-refractivity contribution in [2.45, 2.75) is 32.6 Å².